The largest absolute Gasteiger partial charge is 0.497 e. The lowest BCUT2D eigenvalue weighted by Crippen LogP contribution is -3.02. The van der Waals surface area contributed by atoms with Gasteiger partial charge in [0.1, 0.15) is 11.4 Å². The van der Waals surface area contributed by atoms with Crippen LogP contribution in [0.2, 0.25) is 0 Å². The van der Waals surface area contributed by atoms with Crippen molar-refractivity contribution in [1.82, 2.24) is 0 Å². The summed E-state index contributed by atoms with van der Waals surface area (Å²) in [7, 11) is 5.78. The van der Waals surface area contributed by atoms with Gasteiger partial charge in [0.15, 0.2) is 0 Å². The second-order valence-corrected chi connectivity index (χ2v) is 3.48. The predicted octanol–water partition coefficient (Wildman–Crippen LogP) is 0.949. The predicted molar refractivity (Wildman–Crippen MR) is 52.2 cm³/mol. The Morgan fingerprint density at radius 3 is 3.08 bits per heavy atom. The molecule has 1 aliphatic rings. The fourth-order valence-electron chi connectivity index (χ4n) is 1.88. The minimum atomic E-state index is 0.952. The van der Waals surface area contributed by atoms with Crippen LogP contribution in [0, 0.1) is 7.05 Å². The van der Waals surface area contributed by atoms with E-state index in [-0.39, 0.29) is 0 Å². The second kappa shape index (κ2) is 3.38. The second-order valence-electron chi connectivity index (χ2n) is 3.48. The van der Waals surface area contributed by atoms with Gasteiger partial charge in [-0.3, -0.25) is 0 Å². The van der Waals surface area contributed by atoms with Gasteiger partial charge in [-0.15, -0.1) is 7.05 Å². The molecule has 1 aromatic rings. The van der Waals surface area contributed by atoms with Crippen molar-refractivity contribution in [3.05, 3.63) is 30.8 Å². The molecule has 0 aromatic heterocycles. The van der Waals surface area contributed by atoms with E-state index < -0.39 is 0 Å². The molecule has 0 saturated carbocycles. The molecule has 0 amide bonds. The Morgan fingerprint density at radius 2 is 2.31 bits per heavy atom. The van der Waals surface area contributed by atoms with Crippen LogP contribution >= 0.6 is 0 Å². The van der Waals surface area contributed by atoms with Crippen LogP contribution in [0.1, 0.15) is 12.0 Å². The normalized spacial score (nSPS) is 20.9. The van der Waals surface area contributed by atoms with E-state index in [2.05, 4.69) is 19.2 Å². The zero-order valence-electron chi connectivity index (χ0n) is 7.97. The first-order valence-corrected chi connectivity index (χ1v) is 4.66. The zero-order chi connectivity index (χ0) is 9.26. The molecule has 0 radical (unpaired) electrons. The van der Waals surface area contributed by atoms with Crippen molar-refractivity contribution in [3.63, 3.8) is 0 Å². The molecule has 0 spiro atoms. The third-order valence-electron chi connectivity index (χ3n) is 2.62. The van der Waals surface area contributed by atoms with Gasteiger partial charge in [0, 0.05) is 11.6 Å². The molecule has 1 heterocycles. The van der Waals surface area contributed by atoms with Gasteiger partial charge in [-0.1, -0.05) is 0 Å². The Labute approximate surface area is 79.1 Å². The van der Waals surface area contributed by atoms with E-state index in [4.69, 9.17) is 4.74 Å². The van der Waals surface area contributed by atoms with Crippen molar-refractivity contribution in [3.8, 4) is 5.75 Å². The summed E-state index contributed by atoms with van der Waals surface area (Å²) in [4.78, 5) is 1.27. The maximum absolute atomic E-state index is 5.19. The van der Waals surface area contributed by atoms with Crippen molar-refractivity contribution in [2.45, 2.75) is 12.8 Å². The summed E-state index contributed by atoms with van der Waals surface area (Å²) >= 11 is 0. The highest BCUT2D eigenvalue weighted by atomic mass is 16.5. The summed E-state index contributed by atoms with van der Waals surface area (Å²) in [5.41, 5.74) is 2.71. The van der Waals surface area contributed by atoms with E-state index in [1.807, 2.05) is 6.07 Å². The van der Waals surface area contributed by atoms with E-state index in [0.717, 1.165) is 18.7 Å². The molecule has 2 heteroatoms. The minimum Gasteiger partial charge on any atom is -0.497 e. The van der Waals surface area contributed by atoms with Crippen LogP contribution in [0.15, 0.2) is 18.2 Å². The Kier molecular flexibility index (Phi) is 2.23. The van der Waals surface area contributed by atoms with Gasteiger partial charge in [0.05, 0.1) is 13.7 Å². The lowest BCUT2D eigenvalue weighted by molar-refractivity contribution is -0.785. The number of rotatable bonds is 1. The van der Waals surface area contributed by atoms with Gasteiger partial charge < -0.3 is 9.64 Å². The molecule has 2 rings (SSSR count). The van der Waals surface area contributed by atoms with Crippen molar-refractivity contribution >= 4 is 5.69 Å². The first-order chi connectivity index (χ1) is 6.31. The first kappa shape index (κ1) is 8.57. The molecule has 0 saturated heterocycles. The van der Waals surface area contributed by atoms with Crippen LogP contribution in [-0.2, 0) is 6.42 Å². The van der Waals surface area contributed by atoms with Gasteiger partial charge in [0.25, 0.3) is 0 Å². The highest BCUT2D eigenvalue weighted by Gasteiger charge is 2.14. The number of hydrogen-bond donors (Lipinski definition) is 1. The quantitative estimate of drug-likeness (QED) is 0.630. The minimum absolute atomic E-state index is 0.952. The van der Waals surface area contributed by atoms with Gasteiger partial charge in [-0.25, -0.2) is 0 Å². The third-order valence-corrected chi connectivity index (χ3v) is 2.62. The highest BCUT2D eigenvalue weighted by Crippen LogP contribution is 2.22. The van der Waals surface area contributed by atoms with Crippen LogP contribution in [-0.4, -0.2) is 13.7 Å². The average Bonchev–Trinajstić information content (AvgIpc) is 2.18. The Hall–Kier alpha value is -1.02. The van der Waals surface area contributed by atoms with E-state index in [9.17, 15) is 0 Å². The fraction of sp³-hybridized carbons (Fsp3) is 0.364. The number of aryl methyl sites for hydroxylation is 1. The number of fused-ring (bicyclic) bond motifs is 1. The summed E-state index contributed by atoms with van der Waals surface area (Å²) in [6, 6.07) is 6.25. The van der Waals surface area contributed by atoms with Gasteiger partial charge in [-0.2, -0.15) is 0 Å². The summed E-state index contributed by atoms with van der Waals surface area (Å²) in [5, 5.41) is 0. The smallest absolute Gasteiger partial charge is 0.119 e. The Bertz CT molecular complexity index is 309. The van der Waals surface area contributed by atoms with E-state index in [1.54, 1.807) is 7.11 Å². The average molecular weight is 177 g/mol. The van der Waals surface area contributed by atoms with Crippen LogP contribution < -0.4 is 9.64 Å². The number of methoxy groups -OCH3 is 1. The molecule has 1 aliphatic heterocycles. The summed E-state index contributed by atoms with van der Waals surface area (Å²) in [5.74, 6) is 0.952. The molecule has 0 aliphatic carbocycles. The third kappa shape index (κ3) is 1.54. The molecule has 1 aromatic carbocycles. The Balaban J connectivity index is 2.39. The lowest BCUT2D eigenvalue weighted by atomic mass is 10.0. The fourth-order valence-corrected chi connectivity index (χ4v) is 1.88. The molecule has 13 heavy (non-hydrogen) atoms. The van der Waals surface area contributed by atoms with Crippen LogP contribution in [0.3, 0.4) is 0 Å². The van der Waals surface area contributed by atoms with E-state index in [1.165, 1.54) is 22.6 Å². The highest BCUT2D eigenvalue weighted by molar-refractivity contribution is 5.45. The monoisotopic (exact) mass is 177 g/mol. The first-order valence-electron chi connectivity index (χ1n) is 4.66. The standard InChI is InChI=1S/C11H15NO/c1-12-7-3-4-9-8-10(13-2)5-6-11(9)12/h5-6,8,12H,1,3-4,7H2,2H3. The van der Waals surface area contributed by atoms with E-state index >= 15 is 0 Å². The number of quaternary nitrogens is 1. The molecule has 2 nitrogen and oxygen atoms in total. The number of ether oxygens (including phenoxy) is 1. The number of nitrogens with one attached hydrogen (secondary N) is 1. The summed E-state index contributed by atoms with van der Waals surface area (Å²) in [6.45, 7) is 1.14. The topological polar surface area (TPSA) is 13.7 Å². The molecule has 1 atom stereocenters. The van der Waals surface area contributed by atoms with Crippen molar-refractivity contribution < 1.29 is 9.64 Å². The van der Waals surface area contributed by atoms with Crippen molar-refractivity contribution in [2.24, 2.45) is 0 Å². The van der Waals surface area contributed by atoms with E-state index in [0.29, 0.717) is 0 Å². The molecule has 0 bridgehead atoms. The van der Waals surface area contributed by atoms with Gasteiger partial charge >= 0.3 is 0 Å². The summed E-state index contributed by atoms with van der Waals surface area (Å²) in [6.07, 6.45) is 2.38. The molecular formula is C11H15NO. The molecule has 70 valence electrons. The van der Waals surface area contributed by atoms with Crippen molar-refractivity contribution in [1.29, 1.82) is 0 Å². The van der Waals surface area contributed by atoms with Gasteiger partial charge in [0.2, 0.25) is 0 Å². The molecule has 1 N–H and O–H groups in total. The Morgan fingerprint density at radius 1 is 1.46 bits per heavy atom. The lowest BCUT2D eigenvalue weighted by Gasteiger charge is -2.27. The molecular weight excluding hydrogens is 162 g/mol. The van der Waals surface area contributed by atoms with Crippen LogP contribution in [0.4, 0.5) is 5.69 Å². The zero-order valence-corrected chi connectivity index (χ0v) is 7.97. The molecule has 0 fully saturated rings. The SMILES string of the molecule is [CH2-][NH+]1CCCc2cc(OC)ccc21. The maximum atomic E-state index is 5.19. The van der Waals surface area contributed by atoms with Gasteiger partial charge in [-0.05, 0) is 25.0 Å². The number of hydrogen-bond acceptors (Lipinski definition) is 1. The van der Waals surface area contributed by atoms with Crippen LogP contribution in [0.5, 0.6) is 5.75 Å². The number of benzene rings is 1. The van der Waals surface area contributed by atoms with Crippen LogP contribution in [0.25, 0.3) is 0 Å². The summed E-state index contributed by atoms with van der Waals surface area (Å²) < 4.78 is 5.19. The van der Waals surface area contributed by atoms with Crippen molar-refractivity contribution in [2.75, 3.05) is 13.7 Å². The molecule has 1 unspecified atom stereocenters. The maximum Gasteiger partial charge on any atom is 0.119 e.